The van der Waals surface area contributed by atoms with Crippen molar-refractivity contribution in [2.45, 2.75) is 38.4 Å². The largest absolute Gasteiger partial charge is 0.360 e. The van der Waals surface area contributed by atoms with Crippen LogP contribution in [0.25, 0.3) is 0 Å². The van der Waals surface area contributed by atoms with Gasteiger partial charge in [-0.1, -0.05) is 43.3 Å². The second-order valence-electron chi connectivity index (χ2n) is 8.39. The third-order valence-electron chi connectivity index (χ3n) is 6.14. The molecule has 7 nitrogen and oxygen atoms in total. The second-order valence-corrected chi connectivity index (χ2v) is 8.39. The average Bonchev–Trinajstić information content (AvgIpc) is 3.43. The summed E-state index contributed by atoms with van der Waals surface area (Å²) in [6.07, 6.45) is 3.43. The van der Waals surface area contributed by atoms with Gasteiger partial charge in [0.25, 0.3) is 0 Å². The molecule has 0 unspecified atom stereocenters. The zero-order chi connectivity index (χ0) is 20.3. The van der Waals surface area contributed by atoms with Gasteiger partial charge >= 0.3 is 0 Å². The van der Waals surface area contributed by atoms with Crippen LogP contribution in [0.15, 0.2) is 47.0 Å². The number of carbonyl (C=O) groups excluding carboxylic acids is 2. The maximum absolute atomic E-state index is 13.2. The molecule has 3 aliphatic rings. The fourth-order valence-corrected chi connectivity index (χ4v) is 4.65. The molecule has 0 saturated carbocycles. The Kier molecular flexibility index (Phi) is 3.93. The van der Waals surface area contributed by atoms with E-state index in [2.05, 4.69) is 24.3 Å². The van der Waals surface area contributed by atoms with Crippen LogP contribution >= 0.6 is 0 Å². The molecule has 4 heterocycles. The third-order valence-corrected chi connectivity index (χ3v) is 6.14. The Labute approximate surface area is 168 Å². The molecule has 1 spiro atoms. The van der Waals surface area contributed by atoms with Crippen LogP contribution in [0, 0.1) is 18.8 Å². The number of aromatic nitrogens is 1. The van der Waals surface area contributed by atoms with Crippen LogP contribution in [0.3, 0.4) is 0 Å². The van der Waals surface area contributed by atoms with Gasteiger partial charge in [0.2, 0.25) is 11.8 Å². The van der Waals surface area contributed by atoms with Gasteiger partial charge in [-0.25, -0.2) is 0 Å². The predicted molar refractivity (Wildman–Crippen MR) is 106 cm³/mol. The number of fused-ring (bicyclic) bond motifs is 1. The SMILES string of the molecule is Cc1cc(N2C[C@]34C=C[C@@H](O3)[C@@H](C(=O)Nc3ccc(C(C)C)cc3)[C@H]4C2=O)no1. The van der Waals surface area contributed by atoms with Gasteiger partial charge in [0.05, 0.1) is 24.5 Å². The van der Waals surface area contributed by atoms with E-state index in [0.717, 1.165) is 5.69 Å². The summed E-state index contributed by atoms with van der Waals surface area (Å²) in [5.41, 5.74) is 1.14. The number of anilines is 2. The van der Waals surface area contributed by atoms with Crippen molar-refractivity contribution in [1.82, 2.24) is 5.16 Å². The van der Waals surface area contributed by atoms with Gasteiger partial charge in [-0.2, -0.15) is 0 Å². The number of carbonyl (C=O) groups is 2. The van der Waals surface area contributed by atoms with E-state index in [-0.39, 0.29) is 17.9 Å². The first-order chi connectivity index (χ1) is 13.9. The molecule has 2 fully saturated rings. The lowest BCUT2D eigenvalue weighted by atomic mass is 9.76. The summed E-state index contributed by atoms with van der Waals surface area (Å²) < 4.78 is 11.3. The molecule has 29 heavy (non-hydrogen) atoms. The highest BCUT2D eigenvalue weighted by Crippen LogP contribution is 2.52. The topological polar surface area (TPSA) is 84.7 Å². The van der Waals surface area contributed by atoms with E-state index in [0.29, 0.717) is 24.0 Å². The van der Waals surface area contributed by atoms with Gasteiger partial charge in [-0.05, 0) is 30.5 Å². The Bertz CT molecular complexity index is 1010. The smallest absolute Gasteiger partial charge is 0.235 e. The van der Waals surface area contributed by atoms with Crippen LogP contribution in [0.2, 0.25) is 0 Å². The number of rotatable bonds is 4. The molecule has 1 aromatic carbocycles. The van der Waals surface area contributed by atoms with E-state index < -0.39 is 17.4 Å². The number of aryl methyl sites for hydroxylation is 1. The second kappa shape index (κ2) is 6.29. The van der Waals surface area contributed by atoms with E-state index in [1.807, 2.05) is 36.4 Å². The van der Waals surface area contributed by atoms with E-state index in [9.17, 15) is 9.59 Å². The minimum atomic E-state index is -0.780. The summed E-state index contributed by atoms with van der Waals surface area (Å²) in [5.74, 6) is 0.0172. The molecule has 1 N–H and O–H groups in total. The first kappa shape index (κ1) is 18.1. The summed E-state index contributed by atoms with van der Waals surface area (Å²) in [4.78, 5) is 27.9. The van der Waals surface area contributed by atoms with Gasteiger partial charge in [0.1, 0.15) is 11.4 Å². The summed E-state index contributed by atoms with van der Waals surface area (Å²) >= 11 is 0. The van der Waals surface area contributed by atoms with Crippen molar-refractivity contribution in [3.05, 3.63) is 53.8 Å². The Morgan fingerprint density at radius 1 is 1.31 bits per heavy atom. The normalized spacial score (nSPS) is 29.7. The van der Waals surface area contributed by atoms with Gasteiger partial charge in [0, 0.05) is 11.8 Å². The lowest BCUT2D eigenvalue weighted by molar-refractivity contribution is -0.128. The number of nitrogens with zero attached hydrogens (tertiary/aromatic N) is 2. The van der Waals surface area contributed by atoms with E-state index in [1.165, 1.54) is 5.56 Å². The highest BCUT2D eigenvalue weighted by Gasteiger charge is 2.67. The van der Waals surface area contributed by atoms with Gasteiger partial charge in [0.15, 0.2) is 5.82 Å². The van der Waals surface area contributed by atoms with Gasteiger partial charge < -0.3 is 14.6 Å². The first-order valence-electron chi connectivity index (χ1n) is 9.91. The number of benzene rings is 1. The maximum atomic E-state index is 13.2. The Morgan fingerprint density at radius 2 is 2.07 bits per heavy atom. The third kappa shape index (κ3) is 2.72. The van der Waals surface area contributed by atoms with Crippen molar-refractivity contribution in [3.8, 4) is 0 Å². The van der Waals surface area contributed by atoms with Crippen LogP contribution in [-0.2, 0) is 14.3 Å². The van der Waals surface area contributed by atoms with Crippen molar-refractivity contribution in [3.63, 3.8) is 0 Å². The number of nitrogens with one attached hydrogen (secondary N) is 1. The first-order valence-corrected chi connectivity index (χ1v) is 9.91. The maximum Gasteiger partial charge on any atom is 0.235 e. The van der Waals surface area contributed by atoms with Crippen LogP contribution < -0.4 is 10.2 Å². The van der Waals surface area contributed by atoms with Crippen LogP contribution in [-0.4, -0.2) is 35.2 Å². The fraction of sp³-hybridized carbons (Fsp3) is 0.409. The summed E-state index contributed by atoms with van der Waals surface area (Å²) in [5, 5.41) is 6.93. The lowest BCUT2D eigenvalue weighted by Gasteiger charge is -2.23. The van der Waals surface area contributed by atoms with Crippen molar-refractivity contribution >= 4 is 23.3 Å². The molecule has 1 aromatic heterocycles. The molecule has 2 amide bonds. The van der Waals surface area contributed by atoms with E-state index in [4.69, 9.17) is 9.26 Å². The number of ether oxygens (including phenoxy) is 1. The van der Waals surface area contributed by atoms with Crippen molar-refractivity contribution in [1.29, 1.82) is 0 Å². The standard InChI is InChI=1S/C22H23N3O4/c1-12(2)14-4-6-15(7-5-14)23-20(26)18-16-8-9-22(28-16)11-25(21(27)19(18)22)17-10-13(3)29-24-17/h4-10,12,16,18-19H,11H2,1-3H3,(H,23,26)/t16-,18-,19+,22+/m1/s1. The van der Waals surface area contributed by atoms with Crippen molar-refractivity contribution in [2.24, 2.45) is 11.8 Å². The number of hydrogen-bond acceptors (Lipinski definition) is 5. The molecule has 2 bridgehead atoms. The minimum Gasteiger partial charge on any atom is -0.360 e. The monoisotopic (exact) mass is 393 g/mol. The molecular weight excluding hydrogens is 370 g/mol. The molecule has 2 aromatic rings. The van der Waals surface area contributed by atoms with Crippen LogP contribution in [0.4, 0.5) is 11.5 Å². The molecule has 150 valence electrons. The molecule has 3 aliphatic heterocycles. The average molecular weight is 393 g/mol. The van der Waals surface area contributed by atoms with Gasteiger partial charge in [-0.15, -0.1) is 0 Å². The quantitative estimate of drug-likeness (QED) is 0.807. The summed E-state index contributed by atoms with van der Waals surface area (Å²) in [7, 11) is 0. The summed E-state index contributed by atoms with van der Waals surface area (Å²) in [6, 6.07) is 9.53. The van der Waals surface area contributed by atoms with Crippen LogP contribution in [0.5, 0.6) is 0 Å². The molecule has 5 rings (SSSR count). The van der Waals surface area contributed by atoms with Crippen LogP contribution in [0.1, 0.15) is 31.1 Å². The predicted octanol–water partition coefficient (Wildman–Crippen LogP) is 3.03. The van der Waals surface area contributed by atoms with Gasteiger partial charge in [-0.3, -0.25) is 14.5 Å². The molecular formula is C22H23N3O4. The lowest BCUT2D eigenvalue weighted by Crippen LogP contribution is -2.41. The summed E-state index contributed by atoms with van der Waals surface area (Å²) in [6.45, 7) is 6.36. The highest BCUT2D eigenvalue weighted by molar-refractivity contribution is 6.05. The molecule has 4 atom stereocenters. The Morgan fingerprint density at radius 3 is 2.72 bits per heavy atom. The number of amides is 2. The highest BCUT2D eigenvalue weighted by atomic mass is 16.5. The van der Waals surface area contributed by atoms with Crippen molar-refractivity contribution < 1.29 is 18.8 Å². The molecule has 2 saturated heterocycles. The zero-order valence-electron chi connectivity index (χ0n) is 16.6. The van der Waals surface area contributed by atoms with Crippen molar-refractivity contribution in [2.75, 3.05) is 16.8 Å². The molecule has 0 aliphatic carbocycles. The van der Waals surface area contributed by atoms with E-state index in [1.54, 1.807) is 17.9 Å². The molecule has 7 heteroatoms. The van der Waals surface area contributed by atoms with E-state index >= 15 is 0 Å². The minimum absolute atomic E-state index is 0.152. The Balaban J connectivity index is 1.39. The fourth-order valence-electron chi connectivity index (χ4n) is 4.65. The Hall–Kier alpha value is -2.93. The number of hydrogen-bond donors (Lipinski definition) is 1. The zero-order valence-corrected chi connectivity index (χ0v) is 16.6. The molecule has 0 radical (unpaired) electrons.